The van der Waals surface area contributed by atoms with Crippen LogP contribution < -0.4 is 5.32 Å². The van der Waals surface area contributed by atoms with Gasteiger partial charge in [-0.1, -0.05) is 78.0 Å². The van der Waals surface area contributed by atoms with Crippen molar-refractivity contribution in [1.82, 2.24) is 5.01 Å². The summed E-state index contributed by atoms with van der Waals surface area (Å²) in [5.74, 6) is -1.13. The van der Waals surface area contributed by atoms with Gasteiger partial charge < -0.3 is 5.32 Å². The van der Waals surface area contributed by atoms with Crippen molar-refractivity contribution < 1.29 is 14.0 Å². The molecule has 3 aromatic carbocycles. The van der Waals surface area contributed by atoms with E-state index in [1.807, 2.05) is 42.3 Å². The normalized spacial score (nSPS) is 19.3. The molecule has 2 amide bonds. The van der Waals surface area contributed by atoms with Gasteiger partial charge in [0, 0.05) is 18.5 Å². The van der Waals surface area contributed by atoms with Crippen LogP contribution in [0.3, 0.4) is 0 Å². The van der Waals surface area contributed by atoms with E-state index >= 15 is 0 Å². The van der Waals surface area contributed by atoms with Gasteiger partial charge in [0.05, 0.1) is 11.8 Å². The van der Waals surface area contributed by atoms with Gasteiger partial charge >= 0.3 is 0 Å². The second-order valence-corrected chi connectivity index (χ2v) is 10.1. The highest BCUT2D eigenvalue weighted by atomic mass is 32.2. The molecule has 0 spiro atoms. The van der Waals surface area contributed by atoms with E-state index in [1.165, 1.54) is 17.8 Å². The molecule has 5 rings (SSSR count). The minimum Gasteiger partial charge on any atom is -0.326 e. The minimum absolute atomic E-state index is 0.0652. The van der Waals surface area contributed by atoms with Crippen molar-refractivity contribution in [3.63, 3.8) is 0 Å². The van der Waals surface area contributed by atoms with Gasteiger partial charge in [0.15, 0.2) is 5.17 Å². The summed E-state index contributed by atoms with van der Waals surface area (Å²) >= 11 is 1.24. The largest absolute Gasteiger partial charge is 0.326 e. The molecule has 0 saturated carbocycles. The average Bonchev–Trinajstić information content (AvgIpc) is 3.46. The molecule has 182 valence electrons. The van der Waals surface area contributed by atoms with Gasteiger partial charge in [-0.25, -0.2) is 9.40 Å². The molecule has 36 heavy (non-hydrogen) atoms. The zero-order chi connectivity index (χ0) is 25.2. The lowest BCUT2D eigenvalue weighted by Gasteiger charge is -2.23. The fourth-order valence-electron chi connectivity index (χ4n) is 4.20. The number of aliphatic imine (C=N–C) groups is 1. The molecule has 2 aliphatic heterocycles. The Morgan fingerprint density at radius 1 is 1.08 bits per heavy atom. The van der Waals surface area contributed by atoms with Crippen LogP contribution in [0.2, 0.25) is 0 Å². The third-order valence-electron chi connectivity index (χ3n) is 6.23. The molecule has 3 aromatic rings. The quantitative estimate of drug-likeness (QED) is 0.493. The Bertz CT molecular complexity index is 1370. The first-order valence-electron chi connectivity index (χ1n) is 11.7. The van der Waals surface area contributed by atoms with E-state index in [9.17, 15) is 14.0 Å². The van der Waals surface area contributed by atoms with Gasteiger partial charge in [-0.05, 0) is 42.7 Å². The van der Waals surface area contributed by atoms with Crippen LogP contribution in [0.15, 0.2) is 82.9 Å². The molecule has 2 aliphatic rings. The Balaban J connectivity index is 1.33. The predicted octanol–water partition coefficient (Wildman–Crippen LogP) is 5.62. The lowest BCUT2D eigenvalue weighted by Crippen LogP contribution is -2.25. The molecular weight excluding hydrogens is 475 g/mol. The monoisotopic (exact) mass is 500 g/mol. The van der Waals surface area contributed by atoms with Crippen LogP contribution in [0.5, 0.6) is 0 Å². The number of hydrogen-bond acceptors (Lipinski definition) is 5. The van der Waals surface area contributed by atoms with Gasteiger partial charge in [0.1, 0.15) is 11.1 Å². The summed E-state index contributed by atoms with van der Waals surface area (Å²) < 4.78 is 13.8. The topological polar surface area (TPSA) is 74.1 Å². The van der Waals surface area contributed by atoms with Gasteiger partial charge in [0.25, 0.3) is 5.91 Å². The molecule has 0 unspecified atom stereocenters. The smallest absolute Gasteiger partial charge is 0.262 e. The third kappa shape index (κ3) is 5.09. The number of hydrazone groups is 1. The predicted molar refractivity (Wildman–Crippen MR) is 142 cm³/mol. The Hall–Kier alpha value is -3.78. The van der Waals surface area contributed by atoms with Crippen molar-refractivity contribution in [3.8, 4) is 0 Å². The molecule has 0 aliphatic carbocycles. The number of carbonyl (C=O) groups excluding carboxylic acids is 2. The molecule has 8 heteroatoms. The fourth-order valence-corrected chi connectivity index (χ4v) is 5.26. The number of nitrogens with zero attached hydrogens (tertiary/aromatic N) is 3. The average molecular weight is 501 g/mol. The molecule has 6 nitrogen and oxygen atoms in total. The summed E-state index contributed by atoms with van der Waals surface area (Å²) in [5, 5.41) is 9.16. The zero-order valence-electron chi connectivity index (χ0n) is 19.9. The fraction of sp³-hybridized carbons (Fsp3) is 0.214. The molecule has 0 aromatic heterocycles. The van der Waals surface area contributed by atoms with Crippen LogP contribution in [-0.2, 0) is 9.59 Å². The summed E-state index contributed by atoms with van der Waals surface area (Å²) in [7, 11) is 0. The molecule has 2 atom stereocenters. The molecule has 0 fully saturated rings. The van der Waals surface area contributed by atoms with Crippen LogP contribution in [0, 0.1) is 19.7 Å². The number of nitrogens with one attached hydrogen (secondary N) is 1. The summed E-state index contributed by atoms with van der Waals surface area (Å²) in [6, 6.07) is 22.6. The standard InChI is InChI=1S/C28H25FN4O2S/c1-17-8-11-20(12-9-17)24-15-23(19-6-4-3-5-7-19)32-33(24)28-31-27(35)25(36-28)16-26(34)30-21-13-10-18(2)22(29)14-21/h3-14,24-25H,15-16H2,1-2H3,(H,30,34)/t24-,25-/m0/s1. The Morgan fingerprint density at radius 3 is 2.56 bits per heavy atom. The molecular formula is C28H25FN4O2S. The summed E-state index contributed by atoms with van der Waals surface area (Å²) in [6.45, 7) is 3.69. The third-order valence-corrected chi connectivity index (χ3v) is 7.37. The summed E-state index contributed by atoms with van der Waals surface area (Å²) in [4.78, 5) is 29.6. The van der Waals surface area contributed by atoms with Crippen molar-refractivity contribution in [2.75, 3.05) is 5.32 Å². The first kappa shape index (κ1) is 23.9. The molecule has 2 heterocycles. The van der Waals surface area contributed by atoms with Gasteiger partial charge in [-0.2, -0.15) is 10.1 Å². The molecule has 1 N–H and O–H groups in total. The number of thioether (sulfide) groups is 1. The number of halogens is 1. The van der Waals surface area contributed by atoms with Crippen LogP contribution in [0.4, 0.5) is 10.1 Å². The highest BCUT2D eigenvalue weighted by Gasteiger charge is 2.39. The Kier molecular flexibility index (Phi) is 6.69. The maximum Gasteiger partial charge on any atom is 0.262 e. The molecule has 0 bridgehead atoms. The lowest BCUT2D eigenvalue weighted by atomic mass is 9.98. The van der Waals surface area contributed by atoms with Gasteiger partial charge in [-0.3, -0.25) is 9.59 Å². The van der Waals surface area contributed by atoms with Crippen molar-refractivity contribution in [1.29, 1.82) is 0 Å². The van der Waals surface area contributed by atoms with Crippen molar-refractivity contribution in [2.45, 2.75) is 38.0 Å². The van der Waals surface area contributed by atoms with Crippen molar-refractivity contribution in [3.05, 3.63) is 101 Å². The number of amides is 2. The van der Waals surface area contributed by atoms with E-state index in [2.05, 4.69) is 34.6 Å². The first-order valence-corrected chi connectivity index (χ1v) is 12.6. The van der Waals surface area contributed by atoms with Crippen molar-refractivity contribution >= 4 is 40.1 Å². The Morgan fingerprint density at radius 2 is 1.83 bits per heavy atom. The number of hydrogen-bond donors (Lipinski definition) is 1. The van der Waals surface area contributed by atoms with E-state index in [1.54, 1.807) is 19.1 Å². The van der Waals surface area contributed by atoms with Crippen LogP contribution >= 0.6 is 11.8 Å². The molecule has 0 radical (unpaired) electrons. The summed E-state index contributed by atoms with van der Waals surface area (Å²) in [5.41, 5.74) is 5.03. The van der Waals surface area contributed by atoms with Crippen LogP contribution in [0.25, 0.3) is 0 Å². The number of benzene rings is 3. The van der Waals surface area contributed by atoms with Gasteiger partial charge in [-0.15, -0.1) is 0 Å². The Labute approximate surface area is 213 Å². The van der Waals surface area contributed by atoms with Crippen LogP contribution in [-0.4, -0.2) is 33.0 Å². The second-order valence-electron chi connectivity index (χ2n) is 8.94. The second kappa shape index (κ2) is 10.1. The minimum atomic E-state index is -0.662. The first-order chi connectivity index (χ1) is 17.4. The van der Waals surface area contributed by atoms with E-state index < -0.39 is 11.1 Å². The highest BCUT2D eigenvalue weighted by molar-refractivity contribution is 8.15. The number of carbonyl (C=O) groups is 2. The SMILES string of the molecule is Cc1ccc([C@@H]2CC(c3ccccc3)=NN2C2=NC(=O)[C@H](CC(=O)Nc3ccc(C)c(F)c3)S2)cc1. The van der Waals surface area contributed by atoms with Crippen molar-refractivity contribution in [2.24, 2.45) is 10.1 Å². The van der Waals surface area contributed by atoms with Crippen LogP contribution in [0.1, 0.15) is 41.1 Å². The highest BCUT2D eigenvalue weighted by Crippen LogP contribution is 2.38. The number of anilines is 1. The van der Waals surface area contributed by atoms with Gasteiger partial charge in [0.2, 0.25) is 5.91 Å². The maximum absolute atomic E-state index is 13.8. The number of amidine groups is 1. The van der Waals surface area contributed by atoms with E-state index in [4.69, 9.17) is 5.10 Å². The zero-order valence-corrected chi connectivity index (χ0v) is 20.8. The van der Waals surface area contributed by atoms with E-state index in [0.717, 1.165) is 22.4 Å². The number of rotatable bonds is 5. The number of aryl methyl sites for hydroxylation is 2. The lowest BCUT2D eigenvalue weighted by molar-refractivity contribution is -0.121. The maximum atomic E-state index is 13.8. The van der Waals surface area contributed by atoms with E-state index in [-0.39, 0.29) is 24.3 Å². The summed E-state index contributed by atoms with van der Waals surface area (Å²) in [6.07, 6.45) is 0.606. The van der Waals surface area contributed by atoms with E-state index in [0.29, 0.717) is 22.8 Å². The molecule has 0 saturated heterocycles.